The molecule has 0 aromatic heterocycles. The summed E-state index contributed by atoms with van der Waals surface area (Å²) in [6.45, 7) is 2.79. The minimum atomic E-state index is 0.111. The number of nitrogens with zero attached hydrogens (tertiary/aromatic N) is 1. The molecule has 2 nitrogen and oxygen atoms in total. The Kier molecular flexibility index (Phi) is 5.51. The van der Waals surface area contributed by atoms with Gasteiger partial charge in [0.1, 0.15) is 0 Å². The average molecular weight is 323 g/mol. The Morgan fingerprint density at radius 2 is 1.76 bits per heavy atom. The SMILES string of the molecule is CC(N)Cc1ccc(N(C)Cc2ccc(Cl)cc2)cc1Cl. The Hall–Kier alpha value is -1.22. The minimum absolute atomic E-state index is 0.111. The van der Waals surface area contributed by atoms with Crippen LogP contribution in [0.2, 0.25) is 10.0 Å². The van der Waals surface area contributed by atoms with Crippen molar-refractivity contribution in [2.45, 2.75) is 25.9 Å². The van der Waals surface area contributed by atoms with Gasteiger partial charge in [0.25, 0.3) is 0 Å². The fraction of sp³-hybridized carbons (Fsp3) is 0.294. The summed E-state index contributed by atoms with van der Waals surface area (Å²) >= 11 is 12.2. The molecule has 2 aromatic carbocycles. The lowest BCUT2D eigenvalue weighted by Crippen LogP contribution is -2.19. The summed E-state index contributed by atoms with van der Waals surface area (Å²) in [6.07, 6.45) is 0.792. The highest BCUT2D eigenvalue weighted by Gasteiger charge is 2.08. The van der Waals surface area contributed by atoms with E-state index in [-0.39, 0.29) is 6.04 Å². The number of halogens is 2. The lowest BCUT2D eigenvalue weighted by molar-refractivity contribution is 0.738. The largest absolute Gasteiger partial charge is 0.370 e. The van der Waals surface area contributed by atoms with Gasteiger partial charge in [0.2, 0.25) is 0 Å². The fourth-order valence-electron chi connectivity index (χ4n) is 2.24. The van der Waals surface area contributed by atoms with E-state index in [0.29, 0.717) is 0 Å². The van der Waals surface area contributed by atoms with Gasteiger partial charge in [-0.3, -0.25) is 0 Å². The highest BCUT2D eigenvalue weighted by Crippen LogP contribution is 2.25. The molecule has 2 aromatic rings. The number of hydrogen-bond donors (Lipinski definition) is 1. The van der Waals surface area contributed by atoms with Gasteiger partial charge < -0.3 is 10.6 Å². The van der Waals surface area contributed by atoms with Gasteiger partial charge in [-0.15, -0.1) is 0 Å². The van der Waals surface area contributed by atoms with E-state index in [0.717, 1.165) is 34.3 Å². The Morgan fingerprint density at radius 1 is 1.10 bits per heavy atom. The molecule has 0 spiro atoms. The quantitative estimate of drug-likeness (QED) is 0.876. The Labute approximate surface area is 136 Å². The summed E-state index contributed by atoms with van der Waals surface area (Å²) in [5.74, 6) is 0. The highest BCUT2D eigenvalue weighted by molar-refractivity contribution is 6.31. The van der Waals surface area contributed by atoms with Crippen LogP contribution in [0.4, 0.5) is 5.69 Å². The molecule has 0 saturated heterocycles. The van der Waals surface area contributed by atoms with Crippen molar-refractivity contribution in [2.24, 2.45) is 5.73 Å². The maximum absolute atomic E-state index is 6.34. The molecular formula is C17H20Cl2N2. The number of nitrogens with two attached hydrogens (primary N) is 1. The van der Waals surface area contributed by atoms with Gasteiger partial charge in [-0.25, -0.2) is 0 Å². The van der Waals surface area contributed by atoms with Gasteiger partial charge in [-0.2, -0.15) is 0 Å². The maximum atomic E-state index is 6.34. The third-order valence-corrected chi connectivity index (χ3v) is 3.96. The molecule has 0 aliphatic carbocycles. The van der Waals surface area contributed by atoms with Crippen molar-refractivity contribution in [3.8, 4) is 0 Å². The van der Waals surface area contributed by atoms with Crippen molar-refractivity contribution >= 4 is 28.9 Å². The molecule has 112 valence electrons. The van der Waals surface area contributed by atoms with E-state index in [1.807, 2.05) is 44.3 Å². The van der Waals surface area contributed by atoms with Crippen LogP contribution in [0.3, 0.4) is 0 Å². The molecule has 0 heterocycles. The molecule has 1 unspecified atom stereocenters. The Morgan fingerprint density at radius 3 is 2.33 bits per heavy atom. The lowest BCUT2D eigenvalue weighted by Gasteiger charge is -2.21. The molecular weight excluding hydrogens is 303 g/mol. The van der Waals surface area contributed by atoms with E-state index in [2.05, 4.69) is 17.0 Å². The molecule has 0 aliphatic rings. The van der Waals surface area contributed by atoms with Crippen LogP contribution < -0.4 is 10.6 Å². The predicted molar refractivity (Wildman–Crippen MR) is 92.4 cm³/mol. The van der Waals surface area contributed by atoms with E-state index in [4.69, 9.17) is 28.9 Å². The van der Waals surface area contributed by atoms with Crippen molar-refractivity contribution < 1.29 is 0 Å². The molecule has 1 atom stereocenters. The monoisotopic (exact) mass is 322 g/mol. The first-order chi connectivity index (χ1) is 9.95. The number of anilines is 1. The van der Waals surface area contributed by atoms with E-state index >= 15 is 0 Å². The van der Waals surface area contributed by atoms with Crippen molar-refractivity contribution in [1.82, 2.24) is 0 Å². The lowest BCUT2D eigenvalue weighted by atomic mass is 10.1. The van der Waals surface area contributed by atoms with Crippen LogP contribution in [-0.4, -0.2) is 13.1 Å². The predicted octanol–water partition coefficient (Wildman–Crippen LogP) is 4.52. The molecule has 0 amide bonds. The van der Waals surface area contributed by atoms with Crippen LogP contribution in [0.15, 0.2) is 42.5 Å². The number of hydrogen-bond acceptors (Lipinski definition) is 2. The molecule has 0 radical (unpaired) electrons. The molecule has 0 bridgehead atoms. The average Bonchev–Trinajstić information content (AvgIpc) is 2.43. The van der Waals surface area contributed by atoms with Gasteiger partial charge in [-0.05, 0) is 48.7 Å². The zero-order valence-corrected chi connectivity index (χ0v) is 13.8. The van der Waals surface area contributed by atoms with E-state index in [1.165, 1.54) is 5.56 Å². The van der Waals surface area contributed by atoms with Crippen molar-refractivity contribution in [3.05, 3.63) is 63.6 Å². The van der Waals surface area contributed by atoms with Crippen molar-refractivity contribution in [2.75, 3.05) is 11.9 Å². The summed E-state index contributed by atoms with van der Waals surface area (Å²) in [4.78, 5) is 2.16. The van der Waals surface area contributed by atoms with Crippen molar-refractivity contribution in [3.63, 3.8) is 0 Å². The second kappa shape index (κ2) is 7.17. The summed E-state index contributed by atoms with van der Waals surface area (Å²) in [5, 5.41) is 1.53. The van der Waals surface area contributed by atoms with Crippen LogP contribution in [0.25, 0.3) is 0 Å². The Balaban J connectivity index is 2.10. The second-order valence-electron chi connectivity index (χ2n) is 5.44. The fourth-order valence-corrected chi connectivity index (χ4v) is 2.62. The van der Waals surface area contributed by atoms with Crippen LogP contribution >= 0.6 is 23.2 Å². The van der Waals surface area contributed by atoms with Gasteiger partial charge in [0.15, 0.2) is 0 Å². The molecule has 2 rings (SSSR count). The molecule has 21 heavy (non-hydrogen) atoms. The molecule has 4 heteroatoms. The normalized spacial score (nSPS) is 12.2. The Bertz CT molecular complexity index is 594. The molecule has 2 N–H and O–H groups in total. The summed E-state index contributed by atoms with van der Waals surface area (Å²) in [5.41, 5.74) is 9.21. The van der Waals surface area contributed by atoms with Gasteiger partial charge in [0, 0.05) is 35.4 Å². The third kappa shape index (κ3) is 4.63. The second-order valence-corrected chi connectivity index (χ2v) is 6.28. The summed E-state index contributed by atoms with van der Waals surface area (Å²) < 4.78 is 0. The zero-order valence-electron chi connectivity index (χ0n) is 12.3. The van der Waals surface area contributed by atoms with Crippen molar-refractivity contribution in [1.29, 1.82) is 0 Å². The van der Waals surface area contributed by atoms with Crippen LogP contribution in [-0.2, 0) is 13.0 Å². The standard InChI is InChI=1S/C17H20Cl2N2/c1-12(20)9-14-5-8-16(10-17(14)19)21(2)11-13-3-6-15(18)7-4-13/h3-8,10,12H,9,11,20H2,1-2H3. The van der Waals surface area contributed by atoms with Gasteiger partial charge in [0.05, 0.1) is 0 Å². The molecule has 0 fully saturated rings. The van der Waals surface area contributed by atoms with Gasteiger partial charge >= 0.3 is 0 Å². The smallest absolute Gasteiger partial charge is 0.0459 e. The summed E-state index contributed by atoms with van der Waals surface area (Å²) in [6, 6.07) is 14.1. The molecule has 0 aliphatic heterocycles. The number of rotatable bonds is 5. The first-order valence-corrected chi connectivity index (χ1v) is 7.71. The zero-order chi connectivity index (χ0) is 15.4. The first kappa shape index (κ1) is 16.2. The highest BCUT2D eigenvalue weighted by atomic mass is 35.5. The number of benzene rings is 2. The van der Waals surface area contributed by atoms with E-state index < -0.39 is 0 Å². The van der Waals surface area contributed by atoms with Crippen LogP contribution in [0, 0.1) is 0 Å². The molecule has 0 saturated carbocycles. The topological polar surface area (TPSA) is 29.3 Å². The van der Waals surface area contributed by atoms with E-state index in [9.17, 15) is 0 Å². The summed E-state index contributed by atoms with van der Waals surface area (Å²) in [7, 11) is 2.05. The maximum Gasteiger partial charge on any atom is 0.0459 e. The van der Waals surface area contributed by atoms with Crippen LogP contribution in [0.5, 0.6) is 0 Å². The van der Waals surface area contributed by atoms with E-state index in [1.54, 1.807) is 0 Å². The third-order valence-electron chi connectivity index (χ3n) is 3.35. The van der Waals surface area contributed by atoms with Gasteiger partial charge in [-0.1, -0.05) is 41.4 Å². The first-order valence-electron chi connectivity index (χ1n) is 6.95. The minimum Gasteiger partial charge on any atom is -0.370 e. The van der Waals surface area contributed by atoms with Crippen LogP contribution in [0.1, 0.15) is 18.1 Å².